The van der Waals surface area contributed by atoms with Gasteiger partial charge in [-0.15, -0.1) is 0 Å². The van der Waals surface area contributed by atoms with E-state index in [0.29, 0.717) is 12.0 Å². The second-order valence-corrected chi connectivity index (χ2v) is 2.34. The van der Waals surface area contributed by atoms with Crippen LogP contribution in [0.25, 0.3) is 0 Å². The lowest BCUT2D eigenvalue weighted by Gasteiger charge is -1.93. The number of carbonyl (C=O) groups excluding carboxylic acids is 1. The Labute approximate surface area is 54.2 Å². The average molecular weight is 126 g/mol. The van der Waals surface area contributed by atoms with Crippen molar-refractivity contribution in [2.24, 2.45) is 0 Å². The number of hydrogen-bond acceptors (Lipinski definition) is 2. The molecule has 0 aromatic carbocycles. The molecule has 0 saturated heterocycles. The smallest absolute Gasteiger partial charge is 0.162 e. The highest BCUT2D eigenvalue weighted by Crippen LogP contribution is 2.21. The molecule has 2 heteroatoms. The van der Waals surface area contributed by atoms with Crippen LogP contribution < -0.4 is 0 Å². The normalized spacial score (nSPS) is 24.8. The van der Waals surface area contributed by atoms with Crippen molar-refractivity contribution in [3.05, 3.63) is 11.3 Å². The molecule has 0 aromatic rings. The molecule has 1 N–H and O–H groups in total. The van der Waals surface area contributed by atoms with Gasteiger partial charge in [-0.1, -0.05) is 0 Å². The highest BCUT2D eigenvalue weighted by Gasteiger charge is 2.18. The van der Waals surface area contributed by atoms with Gasteiger partial charge in [-0.3, -0.25) is 4.79 Å². The topological polar surface area (TPSA) is 37.3 Å². The lowest BCUT2D eigenvalue weighted by Crippen LogP contribution is -1.94. The monoisotopic (exact) mass is 126 g/mol. The van der Waals surface area contributed by atoms with Crippen molar-refractivity contribution in [1.29, 1.82) is 0 Å². The molecule has 1 aliphatic carbocycles. The summed E-state index contributed by atoms with van der Waals surface area (Å²) in [6.07, 6.45) is 2.29. The summed E-state index contributed by atoms with van der Waals surface area (Å²) in [5, 5.41) is 8.88. The van der Waals surface area contributed by atoms with Crippen LogP contribution in [0.3, 0.4) is 0 Å². The number of Topliss-reactive ketones (excluding diaryl/α,β-unsaturated/α-hetero) is 1. The van der Waals surface area contributed by atoms with Crippen molar-refractivity contribution < 1.29 is 9.90 Å². The molecule has 1 aliphatic rings. The standard InChI is InChI=1S/C7H10O2/c1-5(8)6-3-2-4-7(6)9/h8H,2-4H2,1H3. The predicted molar refractivity (Wildman–Crippen MR) is 34.2 cm³/mol. The average Bonchev–Trinajstić information content (AvgIpc) is 2.13. The Morgan fingerprint density at radius 1 is 1.56 bits per heavy atom. The molecule has 2 nitrogen and oxygen atoms in total. The zero-order valence-corrected chi connectivity index (χ0v) is 5.48. The molecule has 0 radical (unpaired) electrons. The molecule has 0 aliphatic heterocycles. The van der Waals surface area contributed by atoms with Crippen LogP contribution in [0, 0.1) is 0 Å². The first kappa shape index (κ1) is 6.33. The molecule has 1 saturated carbocycles. The second kappa shape index (κ2) is 2.21. The third kappa shape index (κ3) is 1.12. The molecule has 0 bridgehead atoms. The van der Waals surface area contributed by atoms with Gasteiger partial charge >= 0.3 is 0 Å². The molecular formula is C7H10O2. The maximum Gasteiger partial charge on any atom is 0.162 e. The number of carbonyl (C=O) groups is 1. The minimum atomic E-state index is 0.120. The van der Waals surface area contributed by atoms with E-state index in [9.17, 15) is 4.79 Å². The van der Waals surface area contributed by atoms with E-state index in [2.05, 4.69) is 0 Å². The first-order valence-corrected chi connectivity index (χ1v) is 3.13. The van der Waals surface area contributed by atoms with Crippen molar-refractivity contribution in [3.8, 4) is 0 Å². The molecule has 1 rings (SSSR count). The summed E-state index contributed by atoms with van der Waals surface area (Å²) in [4.78, 5) is 10.8. The van der Waals surface area contributed by atoms with Gasteiger partial charge in [-0.05, 0) is 19.8 Å². The molecule has 1 fully saturated rings. The molecule has 50 valence electrons. The van der Waals surface area contributed by atoms with Gasteiger partial charge in [0, 0.05) is 12.0 Å². The van der Waals surface area contributed by atoms with Crippen LogP contribution in [0.5, 0.6) is 0 Å². The van der Waals surface area contributed by atoms with E-state index in [1.54, 1.807) is 6.92 Å². The first-order chi connectivity index (χ1) is 4.22. The number of allylic oxidation sites excluding steroid dienone is 2. The summed E-state index contributed by atoms with van der Waals surface area (Å²) in [6, 6.07) is 0. The summed E-state index contributed by atoms with van der Waals surface area (Å²) in [5.74, 6) is 0.326. The second-order valence-electron chi connectivity index (χ2n) is 2.34. The number of hydrogen-bond donors (Lipinski definition) is 1. The highest BCUT2D eigenvalue weighted by molar-refractivity contribution is 5.97. The maximum atomic E-state index is 10.8. The molecule has 0 heterocycles. The van der Waals surface area contributed by atoms with Gasteiger partial charge in [0.2, 0.25) is 0 Å². The maximum absolute atomic E-state index is 10.8. The Kier molecular flexibility index (Phi) is 1.56. The Morgan fingerprint density at radius 3 is 2.44 bits per heavy atom. The van der Waals surface area contributed by atoms with Crippen LogP contribution in [0.4, 0.5) is 0 Å². The van der Waals surface area contributed by atoms with Crippen LogP contribution in [-0.4, -0.2) is 10.9 Å². The molecule has 0 aromatic heterocycles. The van der Waals surface area contributed by atoms with E-state index in [1.165, 1.54) is 0 Å². The Morgan fingerprint density at radius 2 is 2.22 bits per heavy atom. The van der Waals surface area contributed by atoms with Gasteiger partial charge in [-0.2, -0.15) is 0 Å². The van der Waals surface area contributed by atoms with E-state index in [4.69, 9.17) is 5.11 Å². The number of aliphatic hydroxyl groups is 1. The molecule has 9 heavy (non-hydrogen) atoms. The fourth-order valence-electron chi connectivity index (χ4n) is 1.10. The molecule has 0 spiro atoms. The summed E-state index contributed by atoms with van der Waals surface area (Å²) in [5.41, 5.74) is 0.634. The van der Waals surface area contributed by atoms with Crippen molar-refractivity contribution in [3.63, 3.8) is 0 Å². The summed E-state index contributed by atoms with van der Waals surface area (Å²) < 4.78 is 0. The fraction of sp³-hybridized carbons (Fsp3) is 0.571. The Bertz CT molecular complexity index is 164. The largest absolute Gasteiger partial charge is 0.512 e. The van der Waals surface area contributed by atoms with Crippen molar-refractivity contribution in [1.82, 2.24) is 0 Å². The third-order valence-electron chi connectivity index (χ3n) is 1.60. The van der Waals surface area contributed by atoms with Crippen LogP contribution >= 0.6 is 0 Å². The van der Waals surface area contributed by atoms with Gasteiger partial charge in [0.1, 0.15) is 0 Å². The number of aliphatic hydroxyl groups excluding tert-OH is 1. The van der Waals surface area contributed by atoms with Gasteiger partial charge in [0.05, 0.1) is 5.76 Å². The van der Waals surface area contributed by atoms with E-state index in [1.807, 2.05) is 0 Å². The zero-order chi connectivity index (χ0) is 6.85. The first-order valence-electron chi connectivity index (χ1n) is 3.13. The summed E-state index contributed by atoms with van der Waals surface area (Å²) >= 11 is 0. The number of ketones is 1. The summed E-state index contributed by atoms with van der Waals surface area (Å²) in [7, 11) is 0. The lowest BCUT2D eigenvalue weighted by molar-refractivity contribution is -0.114. The number of rotatable bonds is 0. The predicted octanol–water partition coefficient (Wildman–Crippen LogP) is 1.57. The van der Waals surface area contributed by atoms with Crippen molar-refractivity contribution in [2.45, 2.75) is 26.2 Å². The third-order valence-corrected chi connectivity index (χ3v) is 1.60. The molecule has 0 atom stereocenters. The Balaban J connectivity index is 2.83. The minimum absolute atomic E-state index is 0.120. The molecule has 0 amide bonds. The summed E-state index contributed by atoms with van der Waals surface area (Å²) in [6.45, 7) is 1.57. The fourth-order valence-corrected chi connectivity index (χ4v) is 1.10. The molecular weight excluding hydrogens is 116 g/mol. The van der Waals surface area contributed by atoms with Crippen LogP contribution in [-0.2, 0) is 4.79 Å². The van der Waals surface area contributed by atoms with Crippen molar-refractivity contribution in [2.75, 3.05) is 0 Å². The van der Waals surface area contributed by atoms with E-state index >= 15 is 0 Å². The minimum Gasteiger partial charge on any atom is -0.512 e. The Hall–Kier alpha value is -0.790. The van der Waals surface area contributed by atoms with Crippen LogP contribution in [0.15, 0.2) is 11.3 Å². The van der Waals surface area contributed by atoms with Crippen LogP contribution in [0.2, 0.25) is 0 Å². The van der Waals surface area contributed by atoms with Gasteiger partial charge in [0.15, 0.2) is 5.78 Å². The van der Waals surface area contributed by atoms with Crippen LogP contribution in [0.1, 0.15) is 26.2 Å². The van der Waals surface area contributed by atoms with Gasteiger partial charge < -0.3 is 5.11 Å². The van der Waals surface area contributed by atoms with E-state index in [-0.39, 0.29) is 11.5 Å². The molecule has 0 unspecified atom stereocenters. The zero-order valence-electron chi connectivity index (χ0n) is 5.48. The van der Waals surface area contributed by atoms with E-state index < -0.39 is 0 Å². The van der Waals surface area contributed by atoms with E-state index in [0.717, 1.165) is 12.8 Å². The SMILES string of the molecule is CC(O)=C1CCCC1=O. The van der Waals surface area contributed by atoms with Crippen molar-refractivity contribution >= 4 is 5.78 Å². The lowest BCUT2D eigenvalue weighted by atomic mass is 10.2. The van der Waals surface area contributed by atoms with Gasteiger partial charge in [0.25, 0.3) is 0 Å². The van der Waals surface area contributed by atoms with Gasteiger partial charge in [-0.25, -0.2) is 0 Å². The quantitative estimate of drug-likeness (QED) is 0.395. The highest BCUT2D eigenvalue weighted by atomic mass is 16.3.